The van der Waals surface area contributed by atoms with Gasteiger partial charge < -0.3 is 10.5 Å². The first kappa shape index (κ1) is 17.3. The van der Waals surface area contributed by atoms with Crippen LogP contribution in [0.25, 0.3) is 10.9 Å². The summed E-state index contributed by atoms with van der Waals surface area (Å²) in [4.78, 5) is 21.1. The number of para-hydroxylation sites is 1. The van der Waals surface area contributed by atoms with E-state index < -0.39 is 16.0 Å². The Balaban J connectivity index is 1.80. The molecule has 0 amide bonds. The number of anilines is 1. The second-order valence-electron chi connectivity index (χ2n) is 5.20. The molecule has 0 saturated carbocycles. The Bertz CT molecular complexity index is 1080. The molecule has 10 heteroatoms. The van der Waals surface area contributed by atoms with Gasteiger partial charge in [0.25, 0.3) is 0 Å². The van der Waals surface area contributed by atoms with Crippen molar-refractivity contribution in [3.05, 3.63) is 46.6 Å². The monoisotopic (exact) mass is 378 g/mol. The number of hydrogen-bond donors (Lipinski definition) is 2. The van der Waals surface area contributed by atoms with E-state index in [1.165, 1.54) is 6.07 Å². The number of nitrogens with two attached hydrogens (primary N) is 2. The van der Waals surface area contributed by atoms with Crippen LogP contribution in [0.2, 0.25) is 0 Å². The number of aromatic nitrogens is 2. The van der Waals surface area contributed by atoms with Gasteiger partial charge in [0.05, 0.1) is 11.1 Å². The Morgan fingerprint density at radius 1 is 1.28 bits per heavy atom. The van der Waals surface area contributed by atoms with E-state index in [4.69, 9.17) is 15.6 Å². The van der Waals surface area contributed by atoms with Crippen LogP contribution in [0.3, 0.4) is 0 Å². The van der Waals surface area contributed by atoms with Crippen molar-refractivity contribution in [3.63, 3.8) is 0 Å². The maximum absolute atomic E-state index is 12.2. The van der Waals surface area contributed by atoms with Crippen molar-refractivity contribution in [2.45, 2.75) is 17.7 Å². The summed E-state index contributed by atoms with van der Waals surface area (Å²) in [5.74, 6) is -0.136. The number of aryl methyl sites for hydroxylation is 1. The highest BCUT2D eigenvalue weighted by Crippen LogP contribution is 2.25. The Morgan fingerprint density at radius 3 is 2.68 bits per heavy atom. The lowest BCUT2D eigenvalue weighted by molar-refractivity contribution is 0.0462. The highest BCUT2D eigenvalue weighted by molar-refractivity contribution is 7.91. The van der Waals surface area contributed by atoms with Gasteiger partial charge in [-0.3, -0.25) is 0 Å². The molecule has 130 valence electrons. The third kappa shape index (κ3) is 3.60. The molecular formula is C15H14N4O4S2. The molecule has 0 aliphatic carbocycles. The van der Waals surface area contributed by atoms with Gasteiger partial charge in [0.1, 0.15) is 10.0 Å². The molecule has 3 rings (SSSR count). The summed E-state index contributed by atoms with van der Waals surface area (Å²) in [5, 5.41) is 5.78. The lowest BCUT2D eigenvalue weighted by atomic mass is 10.2. The number of rotatable bonds is 4. The minimum Gasteiger partial charge on any atom is -0.454 e. The van der Waals surface area contributed by atoms with Gasteiger partial charge in [0.2, 0.25) is 10.0 Å². The molecule has 2 aromatic heterocycles. The highest BCUT2D eigenvalue weighted by atomic mass is 32.2. The number of nitrogens with zero attached hydrogens (tertiary/aromatic N) is 2. The van der Waals surface area contributed by atoms with Crippen LogP contribution in [0.15, 0.2) is 34.5 Å². The fourth-order valence-corrected chi connectivity index (χ4v) is 4.07. The van der Waals surface area contributed by atoms with E-state index in [-0.39, 0.29) is 22.2 Å². The summed E-state index contributed by atoms with van der Waals surface area (Å²) in [6.45, 7) is 1.42. The second-order valence-corrected chi connectivity index (χ2v) is 8.24. The fraction of sp³-hybridized carbons (Fsp3) is 0.133. The standard InChI is InChI=1S/C15H14N4O4S2/c1-8-10(6-13(24-8)25(17,21)22)15(20)23-7-12-18-11-5-3-2-4-9(11)14(16)19-12/h2-6H,7H2,1H3,(H2,16,18,19)(H2,17,21,22). The Morgan fingerprint density at radius 2 is 2.00 bits per heavy atom. The molecule has 2 heterocycles. The molecule has 0 aliphatic rings. The van der Waals surface area contributed by atoms with Crippen LogP contribution in [0.5, 0.6) is 0 Å². The van der Waals surface area contributed by atoms with E-state index in [1.54, 1.807) is 19.1 Å². The van der Waals surface area contributed by atoms with Crippen molar-refractivity contribution in [2.75, 3.05) is 5.73 Å². The zero-order chi connectivity index (χ0) is 18.2. The van der Waals surface area contributed by atoms with E-state index in [0.29, 0.717) is 21.6 Å². The summed E-state index contributed by atoms with van der Waals surface area (Å²) >= 11 is 0.911. The van der Waals surface area contributed by atoms with E-state index in [1.807, 2.05) is 12.1 Å². The summed E-state index contributed by atoms with van der Waals surface area (Å²) in [6.07, 6.45) is 0. The first-order valence-electron chi connectivity index (χ1n) is 7.07. The molecule has 4 N–H and O–H groups in total. The van der Waals surface area contributed by atoms with Crippen LogP contribution in [0.1, 0.15) is 21.1 Å². The van der Waals surface area contributed by atoms with E-state index in [2.05, 4.69) is 9.97 Å². The van der Waals surface area contributed by atoms with Crippen LogP contribution in [0.4, 0.5) is 5.82 Å². The first-order chi connectivity index (χ1) is 11.8. The highest BCUT2D eigenvalue weighted by Gasteiger charge is 2.20. The summed E-state index contributed by atoms with van der Waals surface area (Å²) < 4.78 is 27.8. The third-order valence-corrected chi connectivity index (χ3v) is 5.88. The molecule has 3 aromatic rings. The maximum Gasteiger partial charge on any atom is 0.339 e. The number of primary sulfonamides is 1. The smallest absolute Gasteiger partial charge is 0.339 e. The quantitative estimate of drug-likeness (QED) is 0.657. The van der Waals surface area contributed by atoms with Gasteiger partial charge in [-0.15, -0.1) is 11.3 Å². The number of ether oxygens (including phenoxy) is 1. The molecule has 0 atom stereocenters. The maximum atomic E-state index is 12.2. The van der Waals surface area contributed by atoms with Crippen molar-refractivity contribution >= 4 is 44.1 Å². The molecule has 25 heavy (non-hydrogen) atoms. The zero-order valence-corrected chi connectivity index (χ0v) is 14.7. The number of carbonyl (C=O) groups excluding carboxylic acids is 1. The lowest BCUT2D eigenvalue weighted by Gasteiger charge is -2.06. The van der Waals surface area contributed by atoms with Crippen LogP contribution < -0.4 is 10.9 Å². The molecule has 0 saturated heterocycles. The molecule has 1 aromatic carbocycles. The number of hydrogen-bond acceptors (Lipinski definition) is 8. The third-order valence-electron chi connectivity index (χ3n) is 3.41. The van der Waals surface area contributed by atoms with Crippen molar-refractivity contribution in [3.8, 4) is 0 Å². The molecule has 0 fully saturated rings. The second kappa shape index (κ2) is 6.39. The number of esters is 1. The van der Waals surface area contributed by atoms with Gasteiger partial charge in [0, 0.05) is 10.3 Å². The average molecular weight is 378 g/mol. The normalized spacial score (nSPS) is 11.6. The van der Waals surface area contributed by atoms with Gasteiger partial charge in [-0.05, 0) is 25.1 Å². The molecule has 8 nitrogen and oxygen atoms in total. The number of sulfonamides is 1. The molecule has 0 aliphatic heterocycles. The molecule has 0 bridgehead atoms. The number of thiophene rings is 1. The van der Waals surface area contributed by atoms with Crippen molar-refractivity contribution in [1.82, 2.24) is 9.97 Å². The molecule has 0 radical (unpaired) electrons. The summed E-state index contributed by atoms with van der Waals surface area (Å²) in [5.41, 5.74) is 6.66. The summed E-state index contributed by atoms with van der Waals surface area (Å²) in [7, 11) is -3.87. The SMILES string of the molecule is Cc1sc(S(N)(=O)=O)cc1C(=O)OCc1nc(N)c2ccccc2n1. The number of fused-ring (bicyclic) bond motifs is 1. The topological polar surface area (TPSA) is 138 Å². The number of benzene rings is 1. The molecule has 0 spiro atoms. The predicted molar refractivity (Wildman–Crippen MR) is 93.5 cm³/mol. The Hall–Kier alpha value is -2.56. The van der Waals surface area contributed by atoms with Gasteiger partial charge in [0.15, 0.2) is 12.4 Å². The van der Waals surface area contributed by atoms with Gasteiger partial charge in [-0.1, -0.05) is 12.1 Å². The van der Waals surface area contributed by atoms with Crippen LogP contribution in [0, 0.1) is 6.92 Å². The number of nitrogen functional groups attached to an aromatic ring is 1. The van der Waals surface area contributed by atoms with Crippen LogP contribution >= 0.6 is 11.3 Å². The van der Waals surface area contributed by atoms with Crippen molar-refractivity contribution in [1.29, 1.82) is 0 Å². The van der Waals surface area contributed by atoms with Crippen molar-refractivity contribution in [2.24, 2.45) is 5.14 Å². The minimum atomic E-state index is -3.87. The molecule has 0 unspecified atom stereocenters. The average Bonchev–Trinajstić information content (AvgIpc) is 2.95. The van der Waals surface area contributed by atoms with Crippen molar-refractivity contribution < 1.29 is 17.9 Å². The van der Waals surface area contributed by atoms with E-state index in [0.717, 1.165) is 11.3 Å². The minimum absolute atomic E-state index is 0.0943. The number of carbonyl (C=O) groups is 1. The first-order valence-corrected chi connectivity index (χ1v) is 9.43. The van der Waals surface area contributed by atoms with E-state index in [9.17, 15) is 13.2 Å². The van der Waals surface area contributed by atoms with Gasteiger partial charge in [-0.25, -0.2) is 28.3 Å². The van der Waals surface area contributed by atoms with Crippen LogP contribution in [-0.4, -0.2) is 24.4 Å². The largest absolute Gasteiger partial charge is 0.454 e. The van der Waals surface area contributed by atoms with Crippen LogP contribution in [-0.2, 0) is 21.4 Å². The Kier molecular flexibility index (Phi) is 4.41. The van der Waals surface area contributed by atoms with Gasteiger partial charge >= 0.3 is 5.97 Å². The Labute approximate surface area is 147 Å². The summed E-state index contributed by atoms with van der Waals surface area (Å²) in [6, 6.07) is 8.41. The predicted octanol–water partition coefficient (Wildman–Crippen LogP) is 1.59. The lowest BCUT2D eigenvalue weighted by Crippen LogP contribution is -2.11. The van der Waals surface area contributed by atoms with Gasteiger partial charge in [-0.2, -0.15) is 0 Å². The fourth-order valence-electron chi connectivity index (χ4n) is 2.22. The molecular weight excluding hydrogens is 364 g/mol. The zero-order valence-electron chi connectivity index (χ0n) is 13.1. The van der Waals surface area contributed by atoms with E-state index >= 15 is 0 Å².